The molecule has 0 radical (unpaired) electrons. The quantitative estimate of drug-likeness (QED) is 0.388. The van der Waals surface area contributed by atoms with Gasteiger partial charge >= 0.3 is 6.36 Å². The van der Waals surface area contributed by atoms with Gasteiger partial charge in [0.2, 0.25) is 5.95 Å². The van der Waals surface area contributed by atoms with Gasteiger partial charge in [-0.2, -0.15) is 4.98 Å². The van der Waals surface area contributed by atoms with Crippen molar-refractivity contribution >= 4 is 23.1 Å². The molecule has 160 valence electrons. The summed E-state index contributed by atoms with van der Waals surface area (Å²) in [5.41, 5.74) is 1.30. The summed E-state index contributed by atoms with van der Waals surface area (Å²) in [4.78, 5) is 19.1. The van der Waals surface area contributed by atoms with E-state index in [0.717, 1.165) is 12.8 Å². The number of nitro groups is 1. The summed E-state index contributed by atoms with van der Waals surface area (Å²) in [7, 11) is 0. The molecule has 1 fully saturated rings. The molecule has 0 aliphatic heterocycles. The van der Waals surface area contributed by atoms with Crippen molar-refractivity contribution < 1.29 is 22.8 Å². The molecule has 0 bridgehead atoms. The molecule has 2 aromatic carbocycles. The number of anilines is 3. The van der Waals surface area contributed by atoms with Gasteiger partial charge in [-0.15, -0.1) is 13.2 Å². The third kappa shape index (κ3) is 5.59. The van der Waals surface area contributed by atoms with Crippen LogP contribution >= 0.6 is 0 Å². The maximum Gasteiger partial charge on any atom is 0.573 e. The predicted octanol–water partition coefficient (Wildman–Crippen LogP) is 5.27. The van der Waals surface area contributed by atoms with Crippen LogP contribution in [0.15, 0.2) is 54.6 Å². The number of nitro benzene ring substituents is 1. The number of aromatic nitrogens is 2. The molecule has 31 heavy (non-hydrogen) atoms. The van der Waals surface area contributed by atoms with Gasteiger partial charge in [-0.1, -0.05) is 12.1 Å². The summed E-state index contributed by atoms with van der Waals surface area (Å²) < 4.78 is 41.7. The first-order chi connectivity index (χ1) is 14.7. The average Bonchev–Trinajstić information content (AvgIpc) is 3.51. The van der Waals surface area contributed by atoms with E-state index in [-0.39, 0.29) is 17.5 Å². The van der Waals surface area contributed by atoms with Crippen LogP contribution in [0, 0.1) is 10.1 Å². The van der Waals surface area contributed by atoms with Crippen LogP contribution < -0.4 is 15.4 Å². The maximum atomic E-state index is 12.6. The van der Waals surface area contributed by atoms with E-state index in [0.29, 0.717) is 28.7 Å². The molecule has 0 unspecified atom stereocenters. The zero-order chi connectivity index (χ0) is 22.0. The predicted molar refractivity (Wildman–Crippen MR) is 107 cm³/mol. The molecule has 4 rings (SSSR count). The Bertz CT molecular complexity index is 1100. The highest BCUT2D eigenvalue weighted by Gasteiger charge is 2.31. The number of nitrogens with zero attached hydrogens (tertiary/aromatic N) is 3. The highest BCUT2D eigenvalue weighted by molar-refractivity contribution is 5.68. The Morgan fingerprint density at radius 3 is 2.45 bits per heavy atom. The van der Waals surface area contributed by atoms with Crippen LogP contribution in [0.25, 0.3) is 11.3 Å². The van der Waals surface area contributed by atoms with Gasteiger partial charge in [0.1, 0.15) is 11.6 Å². The molecule has 1 saturated carbocycles. The fourth-order valence-electron chi connectivity index (χ4n) is 2.80. The second-order valence-corrected chi connectivity index (χ2v) is 6.89. The molecule has 1 aromatic heterocycles. The Hall–Kier alpha value is -3.89. The van der Waals surface area contributed by atoms with E-state index in [4.69, 9.17) is 0 Å². The minimum Gasteiger partial charge on any atom is -0.406 e. The molecule has 0 amide bonds. The lowest BCUT2D eigenvalue weighted by Gasteiger charge is -2.13. The van der Waals surface area contributed by atoms with E-state index < -0.39 is 11.3 Å². The van der Waals surface area contributed by atoms with Crippen molar-refractivity contribution in [3.05, 3.63) is 64.7 Å². The third-order valence-corrected chi connectivity index (χ3v) is 4.35. The number of hydrogen-bond acceptors (Lipinski definition) is 7. The monoisotopic (exact) mass is 431 g/mol. The summed E-state index contributed by atoms with van der Waals surface area (Å²) in [6.07, 6.45) is -2.84. The first kappa shape index (κ1) is 20.4. The molecule has 0 atom stereocenters. The Morgan fingerprint density at radius 2 is 1.81 bits per heavy atom. The van der Waals surface area contributed by atoms with Crippen LogP contribution in [-0.4, -0.2) is 27.3 Å². The summed E-state index contributed by atoms with van der Waals surface area (Å²) >= 11 is 0. The number of hydrogen-bond donors (Lipinski definition) is 2. The van der Waals surface area contributed by atoms with Crippen LogP contribution in [0.5, 0.6) is 5.75 Å². The fraction of sp³-hybridized carbons (Fsp3) is 0.200. The molecular formula is C20H16F3N5O3. The van der Waals surface area contributed by atoms with Crippen LogP contribution in [0.2, 0.25) is 0 Å². The van der Waals surface area contributed by atoms with E-state index in [1.54, 1.807) is 12.1 Å². The van der Waals surface area contributed by atoms with Gasteiger partial charge in [0, 0.05) is 35.5 Å². The number of non-ortho nitro benzene ring substituents is 1. The number of nitrogens with one attached hydrogen (secondary N) is 2. The maximum absolute atomic E-state index is 12.6. The summed E-state index contributed by atoms with van der Waals surface area (Å²) in [6, 6.07) is 13.1. The molecule has 0 saturated heterocycles. The first-order valence-electron chi connectivity index (χ1n) is 9.28. The minimum atomic E-state index is -4.80. The van der Waals surface area contributed by atoms with Gasteiger partial charge in [-0.05, 0) is 37.1 Å². The Labute approximate surface area is 174 Å². The smallest absolute Gasteiger partial charge is 0.406 e. The van der Waals surface area contributed by atoms with Crippen LogP contribution in [0.4, 0.5) is 36.3 Å². The second kappa shape index (κ2) is 8.09. The van der Waals surface area contributed by atoms with Crippen LogP contribution in [0.1, 0.15) is 12.8 Å². The summed E-state index contributed by atoms with van der Waals surface area (Å²) in [5.74, 6) is 0.348. The van der Waals surface area contributed by atoms with Gasteiger partial charge in [-0.3, -0.25) is 10.1 Å². The van der Waals surface area contributed by atoms with Crippen molar-refractivity contribution in [1.29, 1.82) is 0 Å². The molecule has 8 nitrogen and oxygen atoms in total. The SMILES string of the molecule is O=[N+]([O-])c1ccc(Nc2cc(-c3cccc(OC(F)(F)F)c3)nc(NC3CC3)n2)cc1. The van der Waals surface area contributed by atoms with E-state index in [1.807, 2.05) is 0 Å². The number of alkyl halides is 3. The number of benzene rings is 2. The fourth-order valence-corrected chi connectivity index (χ4v) is 2.80. The average molecular weight is 431 g/mol. The van der Waals surface area contributed by atoms with Crippen molar-refractivity contribution in [2.45, 2.75) is 25.2 Å². The largest absolute Gasteiger partial charge is 0.573 e. The zero-order valence-electron chi connectivity index (χ0n) is 15.9. The van der Waals surface area contributed by atoms with Crippen LogP contribution in [-0.2, 0) is 0 Å². The second-order valence-electron chi connectivity index (χ2n) is 6.89. The van der Waals surface area contributed by atoms with Gasteiger partial charge in [-0.25, -0.2) is 4.98 Å². The highest BCUT2D eigenvalue weighted by Crippen LogP contribution is 2.31. The summed E-state index contributed by atoms with van der Waals surface area (Å²) in [5, 5.41) is 17.0. The highest BCUT2D eigenvalue weighted by atomic mass is 19.4. The topological polar surface area (TPSA) is 102 Å². The lowest BCUT2D eigenvalue weighted by atomic mass is 10.1. The standard InChI is InChI=1S/C20H16F3N5O3/c21-20(22,23)31-16-3-1-2-12(10-16)17-11-18(27-19(26-17)25-14-4-5-14)24-13-6-8-15(9-7-13)28(29)30/h1-3,6-11,14H,4-5H2,(H2,24,25,26,27). The number of halogens is 3. The molecule has 1 heterocycles. The Kier molecular flexibility index (Phi) is 5.32. The lowest BCUT2D eigenvalue weighted by Crippen LogP contribution is -2.17. The normalized spacial score (nSPS) is 13.5. The van der Waals surface area contributed by atoms with Crippen LogP contribution in [0.3, 0.4) is 0 Å². The number of ether oxygens (including phenoxy) is 1. The van der Waals surface area contributed by atoms with Crippen molar-refractivity contribution in [2.24, 2.45) is 0 Å². The van der Waals surface area contributed by atoms with E-state index in [1.165, 1.54) is 42.5 Å². The minimum absolute atomic E-state index is 0.0495. The lowest BCUT2D eigenvalue weighted by molar-refractivity contribution is -0.384. The van der Waals surface area contributed by atoms with Gasteiger partial charge < -0.3 is 15.4 Å². The van der Waals surface area contributed by atoms with Gasteiger partial charge in [0.15, 0.2) is 0 Å². The summed E-state index contributed by atoms with van der Waals surface area (Å²) in [6.45, 7) is 0. The van der Waals surface area contributed by atoms with Crippen molar-refractivity contribution in [3.63, 3.8) is 0 Å². The molecule has 3 aromatic rings. The molecule has 1 aliphatic carbocycles. The van der Waals surface area contributed by atoms with Crippen molar-refractivity contribution in [1.82, 2.24) is 9.97 Å². The molecule has 0 spiro atoms. The van der Waals surface area contributed by atoms with E-state index in [9.17, 15) is 23.3 Å². The zero-order valence-corrected chi connectivity index (χ0v) is 15.9. The molecule has 2 N–H and O–H groups in total. The molecular weight excluding hydrogens is 415 g/mol. The third-order valence-electron chi connectivity index (χ3n) is 4.35. The Balaban J connectivity index is 1.64. The van der Waals surface area contributed by atoms with Gasteiger partial charge in [0.05, 0.1) is 10.6 Å². The molecule has 1 aliphatic rings. The molecule has 11 heteroatoms. The van der Waals surface area contributed by atoms with E-state index in [2.05, 4.69) is 25.3 Å². The van der Waals surface area contributed by atoms with Gasteiger partial charge in [0.25, 0.3) is 5.69 Å². The number of rotatable bonds is 7. The Morgan fingerprint density at radius 1 is 1.06 bits per heavy atom. The van der Waals surface area contributed by atoms with E-state index >= 15 is 0 Å². The first-order valence-corrected chi connectivity index (χ1v) is 9.28. The van der Waals surface area contributed by atoms with Crippen molar-refractivity contribution in [2.75, 3.05) is 10.6 Å². The van der Waals surface area contributed by atoms with Crippen molar-refractivity contribution in [3.8, 4) is 17.0 Å².